The molecule has 0 amide bonds. The maximum Gasteiger partial charge on any atom is 0.145 e. The van der Waals surface area contributed by atoms with Crippen molar-refractivity contribution >= 4 is 16.9 Å². The molecule has 0 fully saturated rings. The van der Waals surface area contributed by atoms with Crippen LogP contribution in [0.4, 0.5) is 5.82 Å². The van der Waals surface area contributed by atoms with Crippen LogP contribution in [0, 0.1) is 13.8 Å². The zero-order valence-corrected chi connectivity index (χ0v) is 10.5. The summed E-state index contributed by atoms with van der Waals surface area (Å²) in [6.07, 6.45) is 2.48. The summed E-state index contributed by atoms with van der Waals surface area (Å²) >= 11 is 0. The Bertz CT molecular complexity index is 533. The van der Waals surface area contributed by atoms with Crippen molar-refractivity contribution in [2.45, 2.75) is 26.8 Å². The highest BCUT2D eigenvalue weighted by molar-refractivity contribution is 5.90. The van der Waals surface area contributed by atoms with E-state index in [1.54, 1.807) is 7.11 Å². The van der Waals surface area contributed by atoms with Crippen LogP contribution in [0.1, 0.15) is 17.7 Å². The molecule has 2 aromatic rings. The lowest BCUT2D eigenvalue weighted by molar-refractivity contribution is 0.190. The molecule has 0 unspecified atom stereocenters. The Hall–Kier alpha value is -1.62. The number of methoxy groups -OCH3 is 1. The van der Waals surface area contributed by atoms with Crippen LogP contribution >= 0.6 is 0 Å². The Balaban J connectivity index is 2.48. The van der Waals surface area contributed by atoms with Crippen molar-refractivity contribution in [3.8, 4) is 0 Å². The van der Waals surface area contributed by atoms with Gasteiger partial charge in [-0.1, -0.05) is 0 Å². The highest BCUT2D eigenvalue weighted by atomic mass is 16.5. The number of nitrogens with zero attached hydrogens (tertiary/aromatic N) is 3. The van der Waals surface area contributed by atoms with E-state index < -0.39 is 0 Å². The van der Waals surface area contributed by atoms with Gasteiger partial charge in [0, 0.05) is 26.0 Å². The van der Waals surface area contributed by atoms with E-state index in [0.29, 0.717) is 5.82 Å². The lowest BCUT2D eigenvalue weighted by atomic mass is 10.2. The average Bonchev–Trinajstić information content (AvgIpc) is 2.55. The van der Waals surface area contributed by atoms with E-state index >= 15 is 0 Å². The van der Waals surface area contributed by atoms with Gasteiger partial charge in [0.15, 0.2) is 0 Å². The Labute approximate surface area is 101 Å². The third kappa shape index (κ3) is 1.98. The molecular weight excluding hydrogens is 216 g/mol. The third-order valence-electron chi connectivity index (χ3n) is 3.17. The van der Waals surface area contributed by atoms with E-state index in [0.717, 1.165) is 36.2 Å². The fourth-order valence-corrected chi connectivity index (χ4v) is 2.14. The monoisotopic (exact) mass is 234 g/mol. The summed E-state index contributed by atoms with van der Waals surface area (Å²) in [7, 11) is 1.71. The fourth-order valence-electron chi connectivity index (χ4n) is 2.14. The molecule has 2 aromatic heterocycles. The number of hydrogen-bond donors (Lipinski definition) is 1. The minimum Gasteiger partial charge on any atom is -0.385 e. The van der Waals surface area contributed by atoms with Gasteiger partial charge in [-0.2, -0.15) is 0 Å². The molecule has 0 aliphatic carbocycles. The first kappa shape index (κ1) is 11.9. The minimum atomic E-state index is 0.557. The van der Waals surface area contributed by atoms with E-state index in [-0.39, 0.29) is 0 Å². The molecule has 0 aliphatic rings. The Morgan fingerprint density at radius 1 is 1.35 bits per heavy atom. The summed E-state index contributed by atoms with van der Waals surface area (Å²) in [5, 5.41) is 0.974. The summed E-state index contributed by atoms with van der Waals surface area (Å²) < 4.78 is 7.26. The predicted octanol–water partition coefficient (Wildman–Crippen LogP) is 1.67. The Kier molecular flexibility index (Phi) is 3.28. The van der Waals surface area contributed by atoms with Crippen LogP contribution in [0.2, 0.25) is 0 Å². The predicted molar refractivity (Wildman–Crippen MR) is 67.9 cm³/mol. The molecule has 0 saturated heterocycles. The Morgan fingerprint density at radius 2 is 2.12 bits per heavy atom. The third-order valence-corrected chi connectivity index (χ3v) is 3.17. The van der Waals surface area contributed by atoms with Gasteiger partial charge in [0.2, 0.25) is 0 Å². The first-order valence-corrected chi connectivity index (χ1v) is 5.71. The van der Waals surface area contributed by atoms with Crippen molar-refractivity contribution in [3.63, 3.8) is 0 Å². The van der Waals surface area contributed by atoms with Gasteiger partial charge >= 0.3 is 0 Å². The molecular formula is C12H18N4O. The number of aryl methyl sites for hydroxylation is 2. The molecule has 2 N–H and O–H groups in total. The standard InChI is InChI=1S/C12H18N4O/c1-8-9(2)16(5-4-6-17-3)12-10(8)11(13)14-7-15-12/h7H,4-6H2,1-3H3,(H2,13,14,15). The van der Waals surface area contributed by atoms with Gasteiger partial charge < -0.3 is 15.0 Å². The summed E-state index contributed by atoms with van der Waals surface area (Å²) in [6.45, 7) is 5.78. The van der Waals surface area contributed by atoms with E-state index in [2.05, 4.69) is 28.4 Å². The molecule has 0 aliphatic heterocycles. The minimum absolute atomic E-state index is 0.557. The smallest absolute Gasteiger partial charge is 0.145 e. The number of ether oxygens (including phenoxy) is 1. The van der Waals surface area contributed by atoms with E-state index in [1.807, 2.05) is 0 Å². The number of aromatic nitrogens is 3. The molecule has 2 rings (SSSR count). The molecule has 0 aromatic carbocycles. The summed E-state index contributed by atoms with van der Waals surface area (Å²) in [4.78, 5) is 8.38. The lowest BCUT2D eigenvalue weighted by Gasteiger charge is -2.07. The van der Waals surface area contributed by atoms with Gasteiger partial charge in [0.25, 0.3) is 0 Å². The number of nitrogens with two attached hydrogens (primary N) is 1. The second kappa shape index (κ2) is 4.71. The van der Waals surface area contributed by atoms with Gasteiger partial charge in [0.05, 0.1) is 5.39 Å². The number of anilines is 1. The topological polar surface area (TPSA) is 66.0 Å². The zero-order chi connectivity index (χ0) is 12.4. The molecule has 0 radical (unpaired) electrons. The van der Waals surface area contributed by atoms with E-state index in [1.165, 1.54) is 12.0 Å². The van der Waals surface area contributed by atoms with Crippen molar-refractivity contribution in [2.75, 3.05) is 19.5 Å². The van der Waals surface area contributed by atoms with Crippen molar-refractivity contribution in [1.82, 2.24) is 14.5 Å². The first-order chi connectivity index (χ1) is 8.16. The number of rotatable bonds is 4. The van der Waals surface area contributed by atoms with Gasteiger partial charge in [-0.15, -0.1) is 0 Å². The molecule has 17 heavy (non-hydrogen) atoms. The molecule has 0 bridgehead atoms. The average molecular weight is 234 g/mol. The molecule has 5 nitrogen and oxygen atoms in total. The maximum absolute atomic E-state index is 5.90. The van der Waals surface area contributed by atoms with Crippen LogP contribution in [0.25, 0.3) is 11.0 Å². The number of nitrogen functional groups attached to an aromatic ring is 1. The normalized spacial score (nSPS) is 11.2. The molecule has 2 heterocycles. The number of fused-ring (bicyclic) bond motifs is 1. The van der Waals surface area contributed by atoms with Crippen LogP contribution in [0.3, 0.4) is 0 Å². The summed E-state index contributed by atoms with van der Waals surface area (Å²) in [5.74, 6) is 0.557. The molecule has 0 spiro atoms. The number of hydrogen-bond acceptors (Lipinski definition) is 4. The Morgan fingerprint density at radius 3 is 2.82 bits per heavy atom. The van der Waals surface area contributed by atoms with Crippen LogP contribution in [-0.4, -0.2) is 28.3 Å². The molecule has 0 atom stereocenters. The summed E-state index contributed by atoms with van der Waals surface area (Å²) in [5.41, 5.74) is 9.18. The highest BCUT2D eigenvalue weighted by Gasteiger charge is 2.14. The van der Waals surface area contributed by atoms with Crippen molar-refractivity contribution in [2.24, 2.45) is 0 Å². The largest absolute Gasteiger partial charge is 0.385 e. The van der Waals surface area contributed by atoms with E-state index in [4.69, 9.17) is 10.5 Å². The van der Waals surface area contributed by atoms with Gasteiger partial charge in [-0.25, -0.2) is 9.97 Å². The second-order valence-electron chi connectivity index (χ2n) is 4.17. The van der Waals surface area contributed by atoms with Crippen molar-refractivity contribution < 1.29 is 4.74 Å². The molecule has 92 valence electrons. The van der Waals surface area contributed by atoms with Gasteiger partial charge in [-0.3, -0.25) is 0 Å². The quantitative estimate of drug-likeness (QED) is 0.817. The van der Waals surface area contributed by atoms with Gasteiger partial charge in [-0.05, 0) is 25.8 Å². The molecule has 5 heteroatoms. The van der Waals surface area contributed by atoms with Crippen LogP contribution in [0.15, 0.2) is 6.33 Å². The van der Waals surface area contributed by atoms with Crippen LogP contribution in [-0.2, 0) is 11.3 Å². The van der Waals surface area contributed by atoms with Crippen LogP contribution < -0.4 is 5.73 Å². The lowest BCUT2D eigenvalue weighted by Crippen LogP contribution is -2.04. The second-order valence-corrected chi connectivity index (χ2v) is 4.17. The SMILES string of the molecule is COCCCn1c(C)c(C)c2c(N)ncnc21. The highest BCUT2D eigenvalue weighted by Crippen LogP contribution is 2.26. The van der Waals surface area contributed by atoms with Crippen LogP contribution in [0.5, 0.6) is 0 Å². The fraction of sp³-hybridized carbons (Fsp3) is 0.500. The zero-order valence-electron chi connectivity index (χ0n) is 10.5. The first-order valence-electron chi connectivity index (χ1n) is 5.71. The van der Waals surface area contributed by atoms with Crippen molar-refractivity contribution in [3.05, 3.63) is 17.6 Å². The van der Waals surface area contributed by atoms with Gasteiger partial charge in [0.1, 0.15) is 17.8 Å². The summed E-state index contributed by atoms with van der Waals surface area (Å²) in [6, 6.07) is 0. The molecule has 0 saturated carbocycles. The maximum atomic E-state index is 5.90. The van der Waals surface area contributed by atoms with E-state index in [9.17, 15) is 0 Å². The van der Waals surface area contributed by atoms with Crippen molar-refractivity contribution in [1.29, 1.82) is 0 Å².